The van der Waals surface area contributed by atoms with Crippen LogP contribution in [0, 0.1) is 0 Å². The van der Waals surface area contributed by atoms with E-state index in [-0.39, 0.29) is 16.6 Å². The molecule has 27 heavy (non-hydrogen) atoms. The van der Waals surface area contributed by atoms with Crippen LogP contribution in [0.3, 0.4) is 0 Å². The molecule has 0 radical (unpaired) electrons. The molecule has 0 saturated carbocycles. The van der Waals surface area contributed by atoms with Gasteiger partial charge in [-0.25, -0.2) is 8.42 Å². The first-order valence-electron chi connectivity index (χ1n) is 9.40. The Balaban J connectivity index is 1.75. The van der Waals surface area contributed by atoms with Crippen molar-refractivity contribution in [1.29, 1.82) is 0 Å². The van der Waals surface area contributed by atoms with E-state index in [1.807, 2.05) is 0 Å². The minimum Gasteiger partial charge on any atom is -0.495 e. The predicted molar refractivity (Wildman–Crippen MR) is 101 cm³/mol. The summed E-state index contributed by atoms with van der Waals surface area (Å²) in [5, 5.41) is 2.83. The molecule has 0 bridgehead atoms. The summed E-state index contributed by atoms with van der Waals surface area (Å²) in [5.41, 5.74) is 0.462. The van der Waals surface area contributed by atoms with Gasteiger partial charge in [-0.05, 0) is 37.5 Å². The lowest BCUT2D eigenvalue weighted by molar-refractivity contribution is -0.896. The highest BCUT2D eigenvalue weighted by atomic mass is 32.2. The van der Waals surface area contributed by atoms with Gasteiger partial charge in [0.15, 0.2) is 6.54 Å². The van der Waals surface area contributed by atoms with Crippen molar-refractivity contribution in [3.63, 3.8) is 0 Å². The zero-order chi connectivity index (χ0) is 19.3. The van der Waals surface area contributed by atoms with Gasteiger partial charge in [-0.2, -0.15) is 4.31 Å². The number of amides is 1. The summed E-state index contributed by atoms with van der Waals surface area (Å²) in [6.07, 6.45) is 3.52. The maximum Gasteiger partial charge on any atom is 0.279 e. The molecule has 0 aromatic heterocycles. The molecular weight excluding hydrogens is 370 g/mol. The number of methoxy groups -OCH3 is 1. The number of nitrogens with one attached hydrogen (secondary N) is 2. The van der Waals surface area contributed by atoms with E-state index in [0.717, 1.165) is 25.9 Å². The number of anilines is 1. The average molecular weight is 399 g/mol. The van der Waals surface area contributed by atoms with Gasteiger partial charge in [-0.3, -0.25) is 4.79 Å². The van der Waals surface area contributed by atoms with Crippen LogP contribution in [0.1, 0.15) is 19.3 Å². The van der Waals surface area contributed by atoms with Crippen LogP contribution in [-0.2, 0) is 19.6 Å². The van der Waals surface area contributed by atoms with E-state index < -0.39 is 10.0 Å². The number of likely N-dealkylation sites (tertiary alicyclic amines) is 1. The van der Waals surface area contributed by atoms with Gasteiger partial charge in [0, 0.05) is 18.8 Å². The van der Waals surface area contributed by atoms with Crippen LogP contribution in [0.15, 0.2) is 23.1 Å². The molecule has 0 aliphatic carbocycles. The number of nitrogens with zero attached hydrogens (tertiary/aromatic N) is 1. The summed E-state index contributed by atoms with van der Waals surface area (Å²) in [6.45, 7) is 3.77. The van der Waals surface area contributed by atoms with Gasteiger partial charge < -0.3 is 19.7 Å². The largest absolute Gasteiger partial charge is 0.495 e. The van der Waals surface area contributed by atoms with Crippen LogP contribution in [-0.4, -0.2) is 71.7 Å². The summed E-state index contributed by atoms with van der Waals surface area (Å²) >= 11 is 0. The number of morpholine rings is 1. The fraction of sp³-hybridized carbons (Fsp3) is 0.611. The molecule has 0 atom stereocenters. The molecule has 1 aromatic carbocycles. The number of benzene rings is 1. The number of quaternary nitrogens is 1. The van der Waals surface area contributed by atoms with Crippen LogP contribution in [0.25, 0.3) is 0 Å². The van der Waals surface area contributed by atoms with E-state index in [4.69, 9.17) is 9.47 Å². The van der Waals surface area contributed by atoms with Crippen LogP contribution >= 0.6 is 0 Å². The van der Waals surface area contributed by atoms with Gasteiger partial charge in [0.1, 0.15) is 10.6 Å². The van der Waals surface area contributed by atoms with Crippen molar-refractivity contribution in [2.75, 3.05) is 58.4 Å². The van der Waals surface area contributed by atoms with E-state index in [0.29, 0.717) is 38.5 Å². The average Bonchev–Trinajstić information content (AvgIpc) is 2.69. The molecule has 2 heterocycles. The molecule has 2 saturated heterocycles. The Kier molecular flexibility index (Phi) is 6.69. The number of hydrogen-bond donors (Lipinski definition) is 2. The molecular formula is C18H28N3O5S+. The monoisotopic (exact) mass is 398 g/mol. The Morgan fingerprint density at radius 3 is 2.59 bits per heavy atom. The second kappa shape index (κ2) is 9.01. The van der Waals surface area contributed by atoms with Gasteiger partial charge in [0.05, 0.1) is 33.4 Å². The summed E-state index contributed by atoms with van der Waals surface area (Å²) in [5.74, 6) is 0.160. The smallest absolute Gasteiger partial charge is 0.279 e. The lowest BCUT2D eigenvalue weighted by Gasteiger charge is -2.27. The Bertz CT molecular complexity index is 756. The summed E-state index contributed by atoms with van der Waals surface area (Å²) in [7, 11) is -2.28. The first kappa shape index (κ1) is 20.1. The maximum atomic E-state index is 13.0. The molecule has 1 amide bonds. The molecule has 8 nitrogen and oxygen atoms in total. The van der Waals surface area contributed by atoms with Crippen molar-refractivity contribution in [2.24, 2.45) is 0 Å². The molecule has 150 valence electrons. The molecule has 1 aromatic rings. The van der Waals surface area contributed by atoms with E-state index in [9.17, 15) is 13.2 Å². The van der Waals surface area contributed by atoms with Gasteiger partial charge in [-0.15, -0.1) is 0 Å². The highest BCUT2D eigenvalue weighted by Gasteiger charge is 2.29. The van der Waals surface area contributed by atoms with Crippen LogP contribution in [0.2, 0.25) is 0 Å². The van der Waals surface area contributed by atoms with Gasteiger partial charge in [0.25, 0.3) is 5.91 Å². The number of ether oxygens (including phenoxy) is 2. The van der Waals surface area contributed by atoms with Gasteiger partial charge in [-0.1, -0.05) is 0 Å². The maximum absolute atomic E-state index is 13.0. The number of hydrogen-bond acceptors (Lipinski definition) is 5. The molecule has 2 aliphatic heterocycles. The predicted octanol–water partition coefficient (Wildman–Crippen LogP) is -0.277. The van der Waals surface area contributed by atoms with E-state index in [1.165, 1.54) is 28.8 Å². The van der Waals surface area contributed by atoms with Crippen molar-refractivity contribution in [2.45, 2.75) is 24.2 Å². The molecule has 2 N–H and O–H groups in total. The number of sulfonamides is 1. The minimum atomic E-state index is -3.72. The van der Waals surface area contributed by atoms with Gasteiger partial charge in [0.2, 0.25) is 10.0 Å². The lowest BCUT2D eigenvalue weighted by Crippen LogP contribution is -3.13. The third-order valence-electron chi connectivity index (χ3n) is 5.01. The normalized spacial score (nSPS) is 19.6. The van der Waals surface area contributed by atoms with Crippen molar-refractivity contribution < 1.29 is 27.6 Å². The third-order valence-corrected chi connectivity index (χ3v) is 6.93. The minimum absolute atomic E-state index is 0.0648. The second-order valence-electron chi connectivity index (χ2n) is 6.92. The van der Waals surface area contributed by atoms with Crippen LogP contribution in [0.5, 0.6) is 5.75 Å². The summed E-state index contributed by atoms with van der Waals surface area (Å²) in [6, 6.07) is 4.73. The number of carbonyl (C=O) groups is 1. The van der Waals surface area contributed by atoms with E-state index in [1.54, 1.807) is 12.1 Å². The first-order chi connectivity index (χ1) is 13.0. The fourth-order valence-electron chi connectivity index (χ4n) is 3.54. The van der Waals surface area contributed by atoms with E-state index >= 15 is 0 Å². The van der Waals surface area contributed by atoms with E-state index in [2.05, 4.69) is 5.32 Å². The van der Waals surface area contributed by atoms with Crippen molar-refractivity contribution in [1.82, 2.24) is 4.31 Å². The molecule has 2 aliphatic rings. The first-order valence-corrected chi connectivity index (χ1v) is 10.8. The van der Waals surface area contributed by atoms with Gasteiger partial charge >= 0.3 is 0 Å². The standard InChI is InChI=1S/C18H27N3O5S/c1-25-16-6-5-15(19-18(22)14-20-7-3-2-4-8-20)13-17(16)27(23,24)21-9-11-26-12-10-21/h5-6,13H,2-4,7-12,14H2,1H3,(H,19,22)/p+1. The summed E-state index contributed by atoms with van der Waals surface area (Å²) in [4.78, 5) is 13.7. The number of carbonyl (C=O) groups excluding carboxylic acids is 1. The van der Waals surface area contributed by atoms with Crippen molar-refractivity contribution in [3.05, 3.63) is 18.2 Å². The Hall–Kier alpha value is -1.68. The third kappa shape index (κ3) is 4.98. The lowest BCUT2D eigenvalue weighted by atomic mass is 10.1. The number of piperidine rings is 1. The molecule has 0 spiro atoms. The van der Waals surface area contributed by atoms with Crippen molar-refractivity contribution in [3.8, 4) is 5.75 Å². The molecule has 0 unspecified atom stereocenters. The zero-order valence-corrected chi connectivity index (χ0v) is 16.5. The topological polar surface area (TPSA) is 89.4 Å². The van der Waals surface area contributed by atoms with Crippen LogP contribution in [0.4, 0.5) is 5.69 Å². The Morgan fingerprint density at radius 1 is 1.22 bits per heavy atom. The SMILES string of the molecule is COc1ccc(NC(=O)C[NH+]2CCCCC2)cc1S(=O)(=O)N1CCOCC1. The highest BCUT2D eigenvalue weighted by Crippen LogP contribution is 2.30. The Morgan fingerprint density at radius 2 is 1.93 bits per heavy atom. The quantitative estimate of drug-likeness (QED) is 0.688. The molecule has 2 fully saturated rings. The molecule has 3 rings (SSSR count). The second-order valence-corrected chi connectivity index (χ2v) is 8.82. The zero-order valence-electron chi connectivity index (χ0n) is 15.7. The van der Waals surface area contributed by atoms with Crippen molar-refractivity contribution >= 4 is 21.6 Å². The van der Waals surface area contributed by atoms with Crippen LogP contribution < -0.4 is 15.0 Å². The Labute approximate surface area is 160 Å². The molecule has 9 heteroatoms. The highest BCUT2D eigenvalue weighted by molar-refractivity contribution is 7.89. The fourth-order valence-corrected chi connectivity index (χ4v) is 5.13. The number of rotatable bonds is 6. The summed E-state index contributed by atoms with van der Waals surface area (Å²) < 4.78 is 37.9.